The Kier molecular flexibility index (Phi) is 3.81. The first-order valence-corrected chi connectivity index (χ1v) is 8.54. The minimum Gasteiger partial charge on any atom is -0.379 e. The lowest BCUT2D eigenvalue weighted by Crippen LogP contribution is -2.46. The van der Waals surface area contributed by atoms with Crippen molar-refractivity contribution in [3.63, 3.8) is 0 Å². The molecule has 0 N–H and O–H groups in total. The summed E-state index contributed by atoms with van der Waals surface area (Å²) in [6, 6.07) is 0. The molecule has 3 heterocycles. The Bertz CT molecular complexity index is 605. The van der Waals surface area contributed by atoms with Crippen LogP contribution in [0, 0.1) is 0 Å². The van der Waals surface area contributed by atoms with Crippen LogP contribution < -0.4 is 0 Å². The van der Waals surface area contributed by atoms with Crippen molar-refractivity contribution in [1.29, 1.82) is 0 Å². The third-order valence-corrected chi connectivity index (χ3v) is 6.21. The highest BCUT2D eigenvalue weighted by molar-refractivity contribution is 7.89. The first-order valence-electron chi connectivity index (χ1n) is 7.10. The van der Waals surface area contributed by atoms with Crippen LogP contribution in [0.15, 0.2) is 17.6 Å². The van der Waals surface area contributed by atoms with Gasteiger partial charge in [-0.05, 0) is 12.8 Å². The van der Waals surface area contributed by atoms with E-state index in [0.29, 0.717) is 32.5 Å². The molecule has 0 aromatic carbocycles. The zero-order valence-electron chi connectivity index (χ0n) is 12.4. The number of imidazole rings is 1. The second-order valence-electron chi connectivity index (χ2n) is 5.84. The summed E-state index contributed by atoms with van der Waals surface area (Å²) in [7, 11) is -0.0453. The summed E-state index contributed by atoms with van der Waals surface area (Å²) in [5.41, 5.74) is -0.211. The summed E-state index contributed by atoms with van der Waals surface area (Å²) in [6.45, 7) is 1.54. The molecule has 2 aliphatic heterocycles. The first kappa shape index (κ1) is 15.0. The molecule has 1 spiro atoms. The molecule has 0 radical (unpaired) electrons. The number of piperidine rings is 1. The maximum atomic E-state index is 12.5. The third-order valence-electron chi connectivity index (χ3n) is 4.43. The van der Waals surface area contributed by atoms with E-state index in [4.69, 9.17) is 9.47 Å². The number of rotatable bonds is 3. The Morgan fingerprint density at radius 1 is 1.43 bits per heavy atom. The van der Waals surface area contributed by atoms with E-state index in [2.05, 4.69) is 4.98 Å². The van der Waals surface area contributed by atoms with Crippen LogP contribution in [0.5, 0.6) is 0 Å². The summed E-state index contributed by atoms with van der Waals surface area (Å²) in [5, 5.41) is 0.114. The van der Waals surface area contributed by atoms with E-state index < -0.39 is 10.0 Å². The fraction of sp³-hybridized carbons (Fsp3) is 0.769. The zero-order valence-corrected chi connectivity index (χ0v) is 13.2. The Balaban J connectivity index is 1.69. The minimum atomic E-state index is -3.49. The molecule has 2 fully saturated rings. The van der Waals surface area contributed by atoms with E-state index in [-0.39, 0.29) is 16.7 Å². The van der Waals surface area contributed by atoms with Gasteiger partial charge in [-0.3, -0.25) is 0 Å². The van der Waals surface area contributed by atoms with Gasteiger partial charge in [-0.2, -0.15) is 4.31 Å². The predicted octanol–water partition coefficient (Wildman–Crippen LogP) is 0.379. The van der Waals surface area contributed by atoms with E-state index in [9.17, 15) is 8.42 Å². The maximum absolute atomic E-state index is 12.5. The standard InChI is InChI=1S/C13H21N3O4S/c1-15-8-12(14-10-15)21(17,18)16-5-3-13(4-6-16)7-11(19-2)9-20-13/h8,10-11H,3-7,9H2,1-2H3/t11-/m1/s1. The van der Waals surface area contributed by atoms with Gasteiger partial charge in [0.1, 0.15) is 0 Å². The average Bonchev–Trinajstić information content (AvgIpc) is 3.07. The third kappa shape index (κ3) is 2.73. The molecular formula is C13H21N3O4S. The van der Waals surface area contributed by atoms with Gasteiger partial charge in [0, 0.05) is 39.9 Å². The van der Waals surface area contributed by atoms with Gasteiger partial charge in [-0.15, -0.1) is 0 Å². The average molecular weight is 315 g/mol. The van der Waals surface area contributed by atoms with Gasteiger partial charge in [-0.25, -0.2) is 13.4 Å². The van der Waals surface area contributed by atoms with Crippen LogP contribution in [-0.4, -0.2) is 60.8 Å². The van der Waals surface area contributed by atoms with Gasteiger partial charge in [0.15, 0.2) is 5.03 Å². The molecule has 118 valence electrons. The molecule has 8 heteroatoms. The topological polar surface area (TPSA) is 73.7 Å². The highest BCUT2D eigenvalue weighted by atomic mass is 32.2. The molecule has 2 aliphatic rings. The molecule has 0 aliphatic carbocycles. The number of ether oxygens (including phenoxy) is 2. The Morgan fingerprint density at radius 2 is 2.14 bits per heavy atom. The summed E-state index contributed by atoms with van der Waals surface area (Å²) in [6.07, 6.45) is 5.43. The minimum absolute atomic E-state index is 0.114. The highest BCUT2D eigenvalue weighted by Crippen LogP contribution is 2.37. The van der Waals surface area contributed by atoms with Gasteiger partial charge in [0.2, 0.25) is 0 Å². The number of methoxy groups -OCH3 is 1. The molecule has 1 aromatic rings. The van der Waals surface area contributed by atoms with E-state index in [1.165, 1.54) is 16.8 Å². The zero-order chi connectivity index (χ0) is 15.1. The Morgan fingerprint density at radius 3 is 2.67 bits per heavy atom. The second kappa shape index (κ2) is 5.35. The first-order chi connectivity index (χ1) is 9.95. The van der Waals surface area contributed by atoms with Crippen molar-refractivity contribution >= 4 is 10.0 Å². The van der Waals surface area contributed by atoms with Crippen molar-refractivity contribution in [2.24, 2.45) is 7.05 Å². The van der Waals surface area contributed by atoms with Crippen LogP contribution >= 0.6 is 0 Å². The molecule has 2 saturated heterocycles. The van der Waals surface area contributed by atoms with Gasteiger partial charge in [-0.1, -0.05) is 0 Å². The van der Waals surface area contributed by atoms with Crippen molar-refractivity contribution in [2.75, 3.05) is 26.8 Å². The van der Waals surface area contributed by atoms with Crippen molar-refractivity contribution in [3.05, 3.63) is 12.5 Å². The summed E-state index contributed by atoms with van der Waals surface area (Å²) in [4.78, 5) is 3.96. The molecule has 0 unspecified atom stereocenters. The summed E-state index contributed by atoms with van der Waals surface area (Å²) < 4.78 is 39.4. The van der Waals surface area contributed by atoms with Crippen molar-refractivity contribution in [2.45, 2.75) is 36.0 Å². The number of nitrogens with zero attached hydrogens (tertiary/aromatic N) is 3. The molecule has 0 amide bonds. The fourth-order valence-electron chi connectivity index (χ4n) is 3.09. The van der Waals surface area contributed by atoms with Crippen LogP contribution in [0.1, 0.15) is 19.3 Å². The molecule has 3 rings (SSSR count). The predicted molar refractivity (Wildman–Crippen MR) is 75.3 cm³/mol. The van der Waals surface area contributed by atoms with Gasteiger partial charge < -0.3 is 14.0 Å². The number of hydrogen-bond donors (Lipinski definition) is 0. The van der Waals surface area contributed by atoms with E-state index >= 15 is 0 Å². The normalized spacial score (nSPS) is 26.5. The summed E-state index contributed by atoms with van der Waals surface area (Å²) >= 11 is 0. The highest BCUT2D eigenvalue weighted by Gasteiger charge is 2.45. The van der Waals surface area contributed by atoms with Crippen LogP contribution in [-0.2, 0) is 26.5 Å². The van der Waals surface area contributed by atoms with E-state index in [1.807, 2.05) is 0 Å². The molecule has 1 atom stereocenters. The Hall–Kier alpha value is -0.960. The number of aromatic nitrogens is 2. The molecular weight excluding hydrogens is 294 g/mol. The van der Waals surface area contributed by atoms with Crippen molar-refractivity contribution in [1.82, 2.24) is 13.9 Å². The molecule has 7 nitrogen and oxygen atoms in total. The van der Waals surface area contributed by atoms with Crippen LogP contribution in [0.3, 0.4) is 0 Å². The largest absolute Gasteiger partial charge is 0.379 e. The molecule has 0 bridgehead atoms. The lowest BCUT2D eigenvalue weighted by Gasteiger charge is -2.37. The van der Waals surface area contributed by atoms with Gasteiger partial charge in [0.05, 0.1) is 24.6 Å². The van der Waals surface area contributed by atoms with Gasteiger partial charge >= 0.3 is 0 Å². The van der Waals surface area contributed by atoms with E-state index in [1.54, 1.807) is 18.7 Å². The lowest BCUT2D eigenvalue weighted by molar-refractivity contribution is -0.0328. The number of aryl methyl sites for hydroxylation is 1. The molecule has 21 heavy (non-hydrogen) atoms. The number of sulfonamides is 1. The maximum Gasteiger partial charge on any atom is 0.262 e. The quantitative estimate of drug-likeness (QED) is 0.806. The van der Waals surface area contributed by atoms with Crippen molar-refractivity contribution in [3.8, 4) is 0 Å². The second-order valence-corrected chi connectivity index (χ2v) is 7.72. The monoisotopic (exact) mass is 315 g/mol. The van der Waals surface area contributed by atoms with Crippen LogP contribution in [0.25, 0.3) is 0 Å². The molecule has 1 aromatic heterocycles. The van der Waals surface area contributed by atoms with E-state index in [0.717, 1.165) is 6.42 Å². The fourth-order valence-corrected chi connectivity index (χ4v) is 4.50. The molecule has 0 saturated carbocycles. The smallest absolute Gasteiger partial charge is 0.262 e. The number of hydrogen-bond acceptors (Lipinski definition) is 5. The van der Waals surface area contributed by atoms with Crippen molar-refractivity contribution < 1.29 is 17.9 Å². The van der Waals surface area contributed by atoms with Gasteiger partial charge in [0.25, 0.3) is 10.0 Å². The Labute approximate surface area is 124 Å². The lowest BCUT2D eigenvalue weighted by atomic mass is 9.89. The van der Waals surface area contributed by atoms with Crippen LogP contribution in [0.2, 0.25) is 0 Å². The van der Waals surface area contributed by atoms with Crippen LogP contribution in [0.4, 0.5) is 0 Å². The SMILES string of the molecule is CO[C@H]1COC2(CCN(S(=O)(=O)c3cn(C)cn3)CC2)C1. The summed E-state index contributed by atoms with van der Waals surface area (Å²) in [5.74, 6) is 0.